The third kappa shape index (κ3) is 7.01. The molecule has 8 nitrogen and oxygen atoms in total. The molecule has 1 N–H and O–H groups in total. The smallest absolute Gasteiger partial charge is 0.744 e. The molecular weight excluding hydrogens is 428 g/mol. The molecule has 0 fully saturated rings. The van der Waals surface area contributed by atoms with E-state index < -0.39 is 26.5 Å². The summed E-state index contributed by atoms with van der Waals surface area (Å²) in [5, 5.41) is 17.1. The van der Waals surface area contributed by atoms with Crippen LogP contribution < -0.4 is 74.8 Å². The van der Waals surface area contributed by atoms with Crippen molar-refractivity contribution in [1.82, 2.24) is 0 Å². The molecular formula is C16H14ClN3Na2O5S. The van der Waals surface area contributed by atoms with Crippen LogP contribution in [0.1, 0.15) is 22.8 Å². The number of hydrogen-bond acceptors (Lipinski definition) is 8. The molecule has 0 bridgehead atoms. The number of carboxylic acid groups (broad SMARTS) is 1. The van der Waals surface area contributed by atoms with Crippen LogP contribution in [0, 0.1) is 6.92 Å². The van der Waals surface area contributed by atoms with Crippen molar-refractivity contribution >= 4 is 45.3 Å². The van der Waals surface area contributed by atoms with Gasteiger partial charge in [0.15, 0.2) is 0 Å². The molecule has 0 aromatic heterocycles. The second kappa shape index (κ2) is 11.5. The van der Waals surface area contributed by atoms with E-state index in [9.17, 15) is 22.9 Å². The topological polar surface area (TPSA) is 125 Å². The van der Waals surface area contributed by atoms with Gasteiger partial charge in [-0.3, -0.25) is 5.43 Å². The van der Waals surface area contributed by atoms with Crippen molar-refractivity contribution < 1.29 is 82.0 Å². The number of carbonyl (C=O) groups excluding carboxylic acids is 1. The molecule has 0 aliphatic rings. The van der Waals surface area contributed by atoms with Gasteiger partial charge in [-0.1, -0.05) is 11.6 Å². The van der Waals surface area contributed by atoms with Crippen molar-refractivity contribution in [2.45, 2.75) is 18.7 Å². The molecule has 28 heavy (non-hydrogen) atoms. The van der Waals surface area contributed by atoms with Gasteiger partial charge in [0.1, 0.15) is 10.1 Å². The van der Waals surface area contributed by atoms with Crippen molar-refractivity contribution in [2.75, 3.05) is 10.5 Å². The molecule has 0 saturated heterocycles. The molecule has 2 aromatic carbocycles. The number of aryl methyl sites for hydroxylation is 1. The Kier molecular flexibility index (Phi) is 11.3. The monoisotopic (exact) mass is 441 g/mol. The SMILES string of the molecule is C/C=N/N(Nc1ccc(Cl)cc1C)c1ccc(S(=O)(=O)[O-])cc1C(=O)[O-].[Na+].[Na+]. The van der Waals surface area contributed by atoms with E-state index in [1.165, 1.54) is 6.21 Å². The van der Waals surface area contributed by atoms with E-state index in [0.717, 1.165) is 28.9 Å². The summed E-state index contributed by atoms with van der Waals surface area (Å²) in [6, 6.07) is 7.90. The first-order valence-corrected chi connectivity index (χ1v) is 9.05. The predicted octanol–water partition coefficient (Wildman–Crippen LogP) is -4.24. The van der Waals surface area contributed by atoms with Crippen LogP contribution in [0.4, 0.5) is 11.4 Å². The number of nitrogens with one attached hydrogen (secondary N) is 1. The summed E-state index contributed by atoms with van der Waals surface area (Å²) in [5.74, 6) is -1.66. The van der Waals surface area contributed by atoms with Crippen LogP contribution in [0.15, 0.2) is 46.4 Å². The average Bonchev–Trinajstić information content (AvgIpc) is 2.55. The zero-order chi connectivity index (χ0) is 19.5. The van der Waals surface area contributed by atoms with Gasteiger partial charge in [-0.25, -0.2) is 8.42 Å². The maximum Gasteiger partial charge on any atom is 1.00 e. The number of carboxylic acids is 1. The van der Waals surface area contributed by atoms with Gasteiger partial charge in [0, 0.05) is 16.8 Å². The molecule has 0 aliphatic carbocycles. The Morgan fingerprint density at radius 1 is 1.21 bits per heavy atom. The second-order valence-electron chi connectivity index (χ2n) is 5.18. The number of hydrazone groups is 1. The van der Waals surface area contributed by atoms with Gasteiger partial charge in [-0.2, -0.15) is 10.2 Å². The van der Waals surface area contributed by atoms with Crippen LogP contribution in [0.3, 0.4) is 0 Å². The molecule has 138 valence electrons. The fourth-order valence-corrected chi connectivity index (χ4v) is 2.88. The first-order valence-electron chi connectivity index (χ1n) is 7.26. The van der Waals surface area contributed by atoms with Gasteiger partial charge in [0.25, 0.3) is 0 Å². The predicted molar refractivity (Wildman–Crippen MR) is 95.2 cm³/mol. The number of rotatable bonds is 6. The third-order valence-electron chi connectivity index (χ3n) is 3.35. The van der Waals surface area contributed by atoms with E-state index in [1.54, 1.807) is 32.0 Å². The number of anilines is 2. The van der Waals surface area contributed by atoms with Crippen LogP contribution in [0.5, 0.6) is 0 Å². The fourth-order valence-electron chi connectivity index (χ4n) is 2.15. The Hall–Kier alpha value is -0.620. The number of nitrogens with zero attached hydrogens (tertiary/aromatic N) is 2. The van der Waals surface area contributed by atoms with Crippen molar-refractivity contribution in [3.05, 3.63) is 52.5 Å². The number of aromatic carboxylic acids is 1. The molecule has 0 aliphatic heterocycles. The minimum absolute atomic E-state index is 0. The van der Waals surface area contributed by atoms with Gasteiger partial charge in [-0.05, 0) is 55.8 Å². The Morgan fingerprint density at radius 2 is 1.86 bits per heavy atom. The summed E-state index contributed by atoms with van der Waals surface area (Å²) in [7, 11) is -4.82. The molecule has 0 spiro atoms. The van der Waals surface area contributed by atoms with E-state index in [2.05, 4.69) is 10.5 Å². The molecule has 0 radical (unpaired) electrons. The number of benzene rings is 2. The number of carbonyl (C=O) groups is 1. The maximum atomic E-state index is 11.4. The summed E-state index contributed by atoms with van der Waals surface area (Å²) < 4.78 is 33.4. The minimum Gasteiger partial charge on any atom is -0.744 e. The quantitative estimate of drug-likeness (QED) is 0.208. The fraction of sp³-hybridized carbons (Fsp3) is 0.125. The van der Waals surface area contributed by atoms with E-state index in [-0.39, 0.29) is 64.8 Å². The summed E-state index contributed by atoms with van der Waals surface area (Å²) in [5.41, 5.74) is 3.74. The van der Waals surface area contributed by atoms with Crippen LogP contribution in [-0.2, 0) is 10.1 Å². The van der Waals surface area contributed by atoms with Gasteiger partial charge < -0.3 is 14.5 Å². The Morgan fingerprint density at radius 3 is 2.36 bits per heavy atom. The molecule has 12 heteroatoms. The summed E-state index contributed by atoms with van der Waals surface area (Å²) in [6.45, 7) is 3.40. The summed E-state index contributed by atoms with van der Waals surface area (Å²) in [6.07, 6.45) is 1.40. The van der Waals surface area contributed by atoms with E-state index in [0.29, 0.717) is 10.7 Å². The first kappa shape index (κ1) is 27.4. The molecule has 0 amide bonds. The zero-order valence-corrected chi connectivity index (χ0v) is 21.3. The van der Waals surface area contributed by atoms with Crippen molar-refractivity contribution in [3.8, 4) is 0 Å². The van der Waals surface area contributed by atoms with Gasteiger partial charge in [0.05, 0.1) is 22.2 Å². The Balaban J connectivity index is 0.00000364. The van der Waals surface area contributed by atoms with Crippen molar-refractivity contribution in [2.24, 2.45) is 5.10 Å². The summed E-state index contributed by atoms with van der Waals surface area (Å²) in [4.78, 5) is 10.8. The average molecular weight is 442 g/mol. The van der Waals surface area contributed by atoms with Crippen molar-refractivity contribution in [3.63, 3.8) is 0 Å². The van der Waals surface area contributed by atoms with E-state index in [1.807, 2.05) is 0 Å². The van der Waals surface area contributed by atoms with Crippen LogP contribution >= 0.6 is 11.6 Å². The van der Waals surface area contributed by atoms with E-state index in [4.69, 9.17) is 11.6 Å². The van der Waals surface area contributed by atoms with Gasteiger partial charge >= 0.3 is 59.1 Å². The van der Waals surface area contributed by atoms with E-state index >= 15 is 0 Å². The zero-order valence-electron chi connectivity index (χ0n) is 15.8. The third-order valence-corrected chi connectivity index (χ3v) is 4.42. The molecule has 0 heterocycles. The molecule has 0 unspecified atom stereocenters. The molecule has 2 rings (SSSR count). The Labute approximate surface area is 212 Å². The van der Waals surface area contributed by atoms with Crippen LogP contribution in [-0.4, -0.2) is 25.2 Å². The normalized spacial score (nSPS) is 10.7. The van der Waals surface area contributed by atoms with Gasteiger partial charge in [0.2, 0.25) is 0 Å². The minimum atomic E-state index is -4.82. The largest absolute Gasteiger partial charge is 1.00 e. The van der Waals surface area contributed by atoms with Crippen LogP contribution in [0.25, 0.3) is 0 Å². The second-order valence-corrected chi connectivity index (χ2v) is 6.99. The van der Waals surface area contributed by atoms with Crippen LogP contribution in [0.2, 0.25) is 5.02 Å². The van der Waals surface area contributed by atoms with Crippen molar-refractivity contribution in [1.29, 1.82) is 0 Å². The molecule has 2 aromatic rings. The maximum absolute atomic E-state index is 11.4. The first-order chi connectivity index (χ1) is 12.1. The molecule has 0 saturated carbocycles. The molecule has 0 atom stereocenters. The van der Waals surface area contributed by atoms with Gasteiger partial charge in [-0.15, -0.1) is 0 Å². The number of halogens is 1. The number of hydrazine groups is 1. The summed E-state index contributed by atoms with van der Waals surface area (Å²) >= 11 is 5.92. The number of hydrogen-bond donors (Lipinski definition) is 1. The Bertz CT molecular complexity index is 986. The standard InChI is InChI=1S/C16H16ClN3O5S.2Na/c1-3-18-20(19-14-6-4-11(17)8-10(14)2)15-7-5-12(26(23,24)25)9-13(15)16(21)22;;/h3-9,19H,1-2H3,(H,21,22)(H,23,24,25);;/q;2*+1/p-2/b18-3+;;.